The van der Waals surface area contributed by atoms with Crippen LogP contribution in [0.2, 0.25) is 0 Å². The lowest BCUT2D eigenvalue weighted by Gasteiger charge is -2.09. The Morgan fingerprint density at radius 1 is 0.905 bits per heavy atom. The molecular weight excluding hydrogens is 256 g/mol. The van der Waals surface area contributed by atoms with Gasteiger partial charge in [0.25, 0.3) is 0 Å². The molecule has 0 aliphatic rings. The molecule has 1 heterocycles. The maximum absolute atomic E-state index is 4.34. The summed E-state index contributed by atoms with van der Waals surface area (Å²) < 4.78 is 1.98. The number of benzene rings is 2. The van der Waals surface area contributed by atoms with E-state index in [1.165, 1.54) is 22.3 Å². The number of hydrogen-bond donors (Lipinski definition) is 0. The molecule has 0 aliphatic carbocycles. The van der Waals surface area contributed by atoms with Gasteiger partial charge >= 0.3 is 0 Å². The second-order valence-electron chi connectivity index (χ2n) is 5.23. The lowest BCUT2D eigenvalue weighted by atomic mass is 9.96. The Morgan fingerprint density at radius 2 is 1.67 bits per heavy atom. The molecule has 21 heavy (non-hydrogen) atoms. The molecule has 0 radical (unpaired) electrons. The molecule has 0 aliphatic heterocycles. The van der Waals surface area contributed by atoms with Crippen molar-refractivity contribution >= 4 is 0 Å². The van der Waals surface area contributed by atoms with Crippen molar-refractivity contribution < 1.29 is 0 Å². The quantitative estimate of drug-likeness (QED) is 0.677. The Balaban J connectivity index is 1.79. The SMILES string of the molecule is CCn1cc(CCc2ccccc2-c2ccccc2)cn1. The van der Waals surface area contributed by atoms with Crippen LogP contribution in [0.5, 0.6) is 0 Å². The zero-order valence-electron chi connectivity index (χ0n) is 12.4. The molecule has 106 valence electrons. The van der Waals surface area contributed by atoms with Gasteiger partial charge in [0.15, 0.2) is 0 Å². The molecule has 0 saturated heterocycles. The van der Waals surface area contributed by atoms with E-state index in [1.807, 2.05) is 10.9 Å². The summed E-state index contributed by atoms with van der Waals surface area (Å²) in [7, 11) is 0. The molecule has 0 saturated carbocycles. The van der Waals surface area contributed by atoms with Gasteiger partial charge in [-0.3, -0.25) is 4.68 Å². The van der Waals surface area contributed by atoms with Crippen LogP contribution >= 0.6 is 0 Å². The average Bonchev–Trinajstić information content (AvgIpc) is 3.02. The largest absolute Gasteiger partial charge is 0.273 e. The van der Waals surface area contributed by atoms with Crippen LogP contribution in [-0.4, -0.2) is 9.78 Å². The minimum absolute atomic E-state index is 0.931. The highest BCUT2D eigenvalue weighted by molar-refractivity contribution is 5.67. The van der Waals surface area contributed by atoms with Gasteiger partial charge in [-0.2, -0.15) is 5.10 Å². The van der Waals surface area contributed by atoms with Crippen LogP contribution in [0.25, 0.3) is 11.1 Å². The van der Waals surface area contributed by atoms with Crippen LogP contribution in [-0.2, 0) is 19.4 Å². The van der Waals surface area contributed by atoms with E-state index in [4.69, 9.17) is 0 Å². The summed E-state index contributed by atoms with van der Waals surface area (Å²) in [4.78, 5) is 0. The van der Waals surface area contributed by atoms with Gasteiger partial charge in [0, 0.05) is 12.7 Å². The molecular formula is C19H20N2. The maximum Gasteiger partial charge on any atom is 0.0521 e. The van der Waals surface area contributed by atoms with Crippen LogP contribution in [0, 0.1) is 0 Å². The molecule has 2 nitrogen and oxygen atoms in total. The molecule has 3 aromatic rings. The molecule has 0 N–H and O–H groups in total. The molecule has 0 spiro atoms. The molecule has 2 heteroatoms. The van der Waals surface area contributed by atoms with Crippen LogP contribution in [0.3, 0.4) is 0 Å². The summed E-state index contributed by atoms with van der Waals surface area (Å²) in [6, 6.07) is 19.3. The van der Waals surface area contributed by atoms with E-state index in [0.29, 0.717) is 0 Å². The van der Waals surface area contributed by atoms with Crippen molar-refractivity contribution in [1.29, 1.82) is 0 Å². The minimum Gasteiger partial charge on any atom is -0.273 e. The molecule has 0 amide bonds. The Labute approximate surface area is 126 Å². The Morgan fingerprint density at radius 3 is 2.43 bits per heavy atom. The van der Waals surface area contributed by atoms with E-state index in [0.717, 1.165) is 19.4 Å². The van der Waals surface area contributed by atoms with Crippen molar-refractivity contribution in [2.75, 3.05) is 0 Å². The smallest absolute Gasteiger partial charge is 0.0521 e. The third-order valence-corrected chi connectivity index (χ3v) is 3.80. The fourth-order valence-electron chi connectivity index (χ4n) is 2.63. The van der Waals surface area contributed by atoms with Gasteiger partial charge in [0.1, 0.15) is 0 Å². The van der Waals surface area contributed by atoms with Gasteiger partial charge < -0.3 is 0 Å². The van der Waals surface area contributed by atoms with Gasteiger partial charge in [0.2, 0.25) is 0 Å². The van der Waals surface area contributed by atoms with Crippen LogP contribution in [0.4, 0.5) is 0 Å². The molecule has 2 aromatic carbocycles. The summed E-state index contributed by atoms with van der Waals surface area (Å²) in [6.07, 6.45) is 6.20. The highest BCUT2D eigenvalue weighted by atomic mass is 15.3. The van der Waals surface area contributed by atoms with Gasteiger partial charge in [-0.25, -0.2) is 0 Å². The molecule has 0 atom stereocenters. The average molecular weight is 276 g/mol. The summed E-state index contributed by atoms with van der Waals surface area (Å²) in [5.41, 5.74) is 5.32. The molecule has 0 unspecified atom stereocenters. The van der Waals surface area contributed by atoms with E-state index >= 15 is 0 Å². The highest BCUT2D eigenvalue weighted by Crippen LogP contribution is 2.24. The van der Waals surface area contributed by atoms with E-state index in [-0.39, 0.29) is 0 Å². The molecule has 1 aromatic heterocycles. The Kier molecular flexibility index (Phi) is 4.15. The lowest BCUT2D eigenvalue weighted by molar-refractivity contribution is 0.659. The summed E-state index contributed by atoms with van der Waals surface area (Å²) >= 11 is 0. The number of rotatable bonds is 5. The molecule has 0 fully saturated rings. The van der Waals surface area contributed by atoms with Crippen LogP contribution in [0.1, 0.15) is 18.1 Å². The molecule has 0 bridgehead atoms. The first kappa shape index (κ1) is 13.6. The summed E-state index contributed by atoms with van der Waals surface area (Å²) in [5.74, 6) is 0. The topological polar surface area (TPSA) is 17.8 Å². The van der Waals surface area contributed by atoms with E-state index in [1.54, 1.807) is 0 Å². The predicted octanol–water partition coefficient (Wildman–Crippen LogP) is 4.36. The van der Waals surface area contributed by atoms with Crippen LogP contribution in [0.15, 0.2) is 67.0 Å². The zero-order chi connectivity index (χ0) is 14.5. The monoisotopic (exact) mass is 276 g/mol. The Bertz CT molecular complexity index is 698. The second-order valence-corrected chi connectivity index (χ2v) is 5.23. The van der Waals surface area contributed by atoms with E-state index < -0.39 is 0 Å². The van der Waals surface area contributed by atoms with Gasteiger partial charge in [-0.05, 0) is 42.0 Å². The maximum atomic E-state index is 4.34. The highest BCUT2D eigenvalue weighted by Gasteiger charge is 2.05. The first-order valence-electron chi connectivity index (χ1n) is 7.51. The first-order valence-corrected chi connectivity index (χ1v) is 7.51. The lowest BCUT2D eigenvalue weighted by Crippen LogP contribution is -1.94. The number of aromatic nitrogens is 2. The van der Waals surface area contributed by atoms with E-state index in [2.05, 4.69) is 72.8 Å². The van der Waals surface area contributed by atoms with Gasteiger partial charge in [0.05, 0.1) is 6.20 Å². The van der Waals surface area contributed by atoms with Crippen molar-refractivity contribution in [3.05, 3.63) is 78.1 Å². The van der Waals surface area contributed by atoms with Crippen molar-refractivity contribution in [1.82, 2.24) is 9.78 Å². The summed E-state index contributed by atoms with van der Waals surface area (Å²) in [6.45, 7) is 3.04. The number of aryl methyl sites for hydroxylation is 3. The van der Waals surface area contributed by atoms with E-state index in [9.17, 15) is 0 Å². The standard InChI is InChI=1S/C19H20N2/c1-2-21-15-16(14-20-21)12-13-18-10-6-7-11-19(18)17-8-4-3-5-9-17/h3-11,14-15H,2,12-13H2,1H3. The normalized spacial score (nSPS) is 10.7. The van der Waals surface area contributed by atoms with Crippen molar-refractivity contribution in [3.8, 4) is 11.1 Å². The predicted molar refractivity (Wildman–Crippen MR) is 87.2 cm³/mol. The fourth-order valence-corrected chi connectivity index (χ4v) is 2.63. The Hall–Kier alpha value is -2.35. The number of nitrogens with zero attached hydrogens (tertiary/aromatic N) is 2. The third-order valence-electron chi connectivity index (χ3n) is 3.80. The van der Waals surface area contributed by atoms with Crippen molar-refractivity contribution in [2.45, 2.75) is 26.3 Å². The fraction of sp³-hybridized carbons (Fsp3) is 0.211. The second kappa shape index (κ2) is 6.40. The van der Waals surface area contributed by atoms with Crippen LogP contribution < -0.4 is 0 Å². The first-order chi connectivity index (χ1) is 10.4. The molecule has 3 rings (SSSR count). The number of hydrogen-bond acceptors (Lipinski definition) is 1. The van der Waals surface area contributed by atoms with Crippen molar-refractivity contribution in [2.24, 2.45) is 0 Å². The van der Waals surface area contributed by atoms with Gasteiger partial charge in [-0.15, -0.1) is 0 Å². The minimum atomic E-state index is 0.931. The summed E-state index contributed by atoms with van der Waals surface area (Å²) in [5, 5.41) is 4.34. The third kappa shape index (κ3) is 3.22. The van der Waals surface area contributed by atoms with Crippen molar-refractivity contribution in [3.63, 3.8) is 0 Å². The van der Waals surface area contributed by atoms with Gasteiger partial charge in [-0.1, -0.05) is 54.6 Å². The zero-order valence-corrected chi connectivity index (χ0v) is 12.4.